The quantitative estimate of drug-likeness (QED) is 0.854. The Balaban J connectivity index is 2.40. The van der Waals surface area contributed by atoms with Gasteiger partial charge in [0.2, 0.25) is 0 Å². The maximum Gasteiger partial charge on any atom is 0.124 e. The van der Waals surface area contributed by atoms with Crippen molar-refractivity contribution >= 4 is 10.8 Å². The average Bonchev–Trinajstić information content (AvgIpc) is 2.45. The van der Waals surface area contributed by atoms with E-state index in [2.05, 4.69) is 37.4 Å². The first kappa shape index (κ1) is 15.8. The predicted octanol–water partition coefficient (Wildman–Crippen LogP) is 3.49. The highest BCUT2D eigenvalue weighted by atomic mass is 16.5. The molecule has 0 saturated carbocycles. The summed E-state index contributed by atoms with van der Waals surface area (Å²) in [4.78, 5) is 0. The molecule has 0 amide bonds. The van der Waals surface area contributed by atoms with Crippen LogP contribution >= 0.6 is 0 Å². The van der Waals surface area contributed by atoms with Gasteiger partial charge in [0, 0.05) is 18.2 Å². The molecule has 0 aliphatic heterocycles. The largest absolute Gasteiger partial charge is 0.488 e. The minimum Gasteiger partial charge on any atom is -0.488 e. The number of hydrogen-bond donors (Lipinski definition) is 2. The number of nitrogens with one attached hydrogen (secondary N) is 1. The number of fused-ring (bicyclic) bond motifs is 1. The van der Waals surface area contributed by atoms with Crippen molar-refractivity contribution in [2.24, 2.45) is 0 Å². The third-order valence-electron chi connectivity index (χ3n) is 3.68. The molecule has 2 aromatic carbocycles. The summed E-state index contributed by atoms with van der Waals surface area (Å²) in [6, 6.07) is 12.8. The fraction of sp³-hybridized carbons (Fsp3) is 0.444. The third-order valence-corrected chi connectivity index (χ3v) is 3.68. The summed E-state index contributed by atoms with van der Waals surface area (Å²) in [7, 11) is 0. The van der Waals surface area contributed by atoms with Crippen LogP contribution in [0.4, 0.5) is 0 Å². The Morgan fingerprint density at radius 3 is 2.43 bits per heavy atom. The van der Waals surface area contributed by atoms with Gasteiger partial charge in [-0.1, -0.05) is 44.2 Å². The molecule has 3 nitrogen and oxygen atoms in total. The van der Waals surface area contributed by atoms with Crippen LogP contribution in [0.5, 0.6) is 5.75 Å². The molecule has 0 bridgehead atoms. The highest BCUT2D eigenvalue weighted by Gasteiger charge is 2.15. The second-order valence-electron chi connectivity index (χ2n) is 5.86. The van der Waals surface area contributed by atoms with Crippen LogP contribution in [0.25, 0.3) is 10.8 Å². The lowest BCUT2D eigenvalue weighted by atomic mass is 10.0. The number of aliphatic hydroxyl groups excluding tert-OH is 1. The van der Waals surface area contributed by atoms with E-state index in [1.54, 1.807) is 6.92 Å². The van der Waals surface area contributed by atoms with Gasteiger partial charge in [-0.25, -0.2) is 0 Å². The van der Waals surface area contributed by atoms with Crippen molar-refractivity contribution in [1.82, 2.24) is 5.32 Å². The molecule has 3 heteroatoms. The molecule has 114 valence electrons. The van der Waals surface area contributed by atoms with Crippen LogP contribution < -0.4 is 10.1 Å². The van der Waals surface area contributed by atoms with Gasteiger partial charge in [0.1, 0.15) is 11.9 Å². The summed E-state index contributed by atoms with van der Waals surface area (Å²) < 4.78 is 5.96. The molecular formula is C18H25NO2. The Kier molecular flexibility index (Phi) is 5.21. The Hall–Kier alpha value is -1.58. The Morgan fingerprint density at radius 1 is 1.05 bits per heavy atom. The van der Waals surface area contributed by atoms with Gasteiger partial charge in [-0.3, -0.25) is 0 Å². The third kappa shape index (κ3) is 3.96. The summed E-state index contributed by atoms with van der Waals surface area (Å²) in [5.74, 6) is 0.843. The smallest absolute Gasteiger partial charge is 0.124 e. The lowest BCUT2D eigenvalue weighted by Gasteiger charge is -2.21. The fourth-order valence-corrected chi connectivity index (χ4v) is 2.21. The first-order chi connectivity index (χ1) is 9.99. The Bertz CT molecular complexity index is 593. The van der Waals surface area contributed by atoms with Crippen LogP contribution in [0.1, 0.15) is 33.3 Å². The summed E-state index contributed by atoms with van der Waals surface area (Å²) >= 11 is 0. The van der Waals surface area contributed by atoms with Gasteiger partial charge in [0.05, 0.1) is 6.10 Å². The van der Waals surface area contributed by atoms with E-state index >= 15 is 0 Å². The minimum absolute atomic E-state index is 0.232. The van der Waals surface area contributed by atoms with Gasteiger partial charge in [-0.05, 0) is 30.7 Å². The van der Waals surface area contributed by atoms with Gasteiger partial charge >= 0.3 is 0 Å². The molecule has 0 spiro atoms. The molecule has 2 aromatic rings. The highest BCUT2D eigenvalue weighted by Crippen LogP contribution is 2.29. The van der Waals surface area contributed by atoms with Gasteiger partial charge < -0.3 is 15.2 Å². The normalized spacial score (nSPS) is 14.4. The number of ether oxygens (including phenoxy) is 1. The highest BCUT2D eigenvalue weighted by molar-refractivity contribution is 5.87. The maximum atomic E-state index is 9.66. The van der Waals surface area contributed by atoms with Gasteiger partial charge in [-0.2, -0.15) is 0 Å². The average molecular weight is 287 g/mol. The van der Waals surface area contributed by atoms with E-state index in [1.165, 1.54) is 10.8 Å². The van der Waals surface area contributed by atoms with E-state index in [4.69, 9.17) is 4.74 Å². The van der Waals surface area contributed by atoms with Gasteiger partial charge in [0.15, 0.2) is 0 Å². The molecule has 2 atom stereocenters. The molecular weight excluding hydrogens is 262 g/mol. The molecule has 0 fully saturated rings. The molecule has 0 aliphatic carbocycles. The molecule has 2 unspecified atom stereocenters. The monoisotopic (exact) mass is 287 g/mol. The summed E-state index contributed by atoms with van der Waals surface area (Å²) in [5.41, 5.74) is 1.15. The number of hydrogen-bond acceptors (Lipinski definition) is 3. The predicted molar refractivity (Wildman–Crippen MR) is 87.7 cm³/mol. The van der Waals surface area contributed by atoms with Crippen molar-refractivity contribution in [2.75, 3.05) is 0 Å². The van der Waals surface area contributed by atoms with Crippen molar-refractivity contribution in [3.05, 3.63) is 42.0 Å². The zero-order valence-electron chi connectivity index (χ0n) is 13.3. The lowest BCUT2D eigenvalue weighted by Crippen LogP contribution is -2.27. The SMILES string of the molecule is CC(C)NCc1c(OC(C)C(C)O)ccc2ccccc12. The van der Waals surface area contributed by atoms with E-state index in [0.29, 0.717) is 6.04 Å². The number of benzene rings is 2. The zero-order chi connectivity index (χ0) is 15.4. The van der Waals surface area contributed by atoms with Crippen molar-refractivity contribution < 1.29 is 9.84 Å². The van der Waals surface area contributed by atoms with Crippen molar-refractivity contribution in [3.8, 4) is 5.75 Å². The minimum atomic E-state index is -0.498. The first-order valence-electron chi connectivity index (χ1n) is 7.57. The van der Waals surface area contributed by atoms with E-state index in [-0.39, 0.29) is 6.10 Å². The van der Waals surface area contributed by atoms with E-state index in [1.807, 2.05) is 25.1 Å². The second-order valence-corrected chi connectivity index (χ2v) is 5.86. The van der Waals surface area contributed by atoms with Crippen molar-refractivity contribution in [3.63, 3.8) is 0 Å². The first-order valence-corrected chi connectivity index (χ1v) is 7.57. The summed E-state index contributed by atoms with van der Waals surface area (Å²) in [5, 5.41) is 15.5. The Morgan fingerprint density at radius 2 is 1.76 bits per heavy atom. The maximum absolute atomic E-state index is 9.66. The van der Waals surface area contributed by atoms with Crippen molar-refractivity contribution in [2.45, 2.75) is 52.5 Å². The molecule has 0 heterocycles. The molecule has 0 aliphatic rings. The molecule has 0 aromatic heterocycles. The molecule has 0 radical (unpaired) electrons. The molecule has 2 N–H and O–H groups in total. The molecule has 0 saturated heterocycles. The van der Waals surface area contributed by atoms with Crippen LogP contribution in [0.3, 0.4) is 0 Å². The van der Waals surface area contributed by atoms with Crippen LogP contribution in [0, 0.1) is 0 Å². The van der Waals surface area contributed by atoms with Crippen LogP contribution in [-0.2, 0) is 6.54 Å². The Labute approximate surface area is 126 Å². The topological polar surface area (TPSA) is 41.5 Å². The fourth-order valence-electron chi connectivity index (χ4n) is 2.21. The van der Waals surface area contributed by atoms with Gasteiger partial charge in [-0.15, -0.1) is 0 Å². The summed E-state index contributed by atoms with van der Waals surface area (Å²) in [6.45, 7) is 8.65. The van der Waals surface area contributed by atoms with Gasteiger partial charge in [0.25, 0.3) is 0 Å². The number of rotatable bonds is 6. The lowest BCUT2D eigenvalue weighted by molar-refractivity contribution is 0.0598. The van der Waals surface area contributed by atoms with E-state index < -0.39 is 6.10 Å². The molecule has 21 heavy (non-hydrogen) atoms. The van der Waals surface area contributed by atoms with Crippen LogP contribution in [0.15, 0.2) is 36.4 Å². The van der Waals surface area contributed by atoms with E-state index in [9.17, 15) is 5.11 Å². The van der Waals surface area contributed by atoms with E-state index in [0.717, 1.165) is 17.9 Å². The second kappa shape index (κ2) is 6.92. The number of aliphatic hydroxyl groups is 1. The van der Waals surface area contributed by atoms with Crippen molar-refractivity contribution in [1.29, 1.82) is 0 Å². The standard InChI is InChI=1S/C18H25NO2/c1-12(2)19-11-17-16-8-6-5-7-15(16)9-10-18(17)21-14(4)13(3)20/h5-10,12-14,19-20H,11H2,1-4H3. The summed E-state index contributed by atoms with van der Waals surface area (Å²) in [6.07, 6.45) is -0.730. The van der Waals surface area contributed by atoms with Crippen LogP contribution in [0.2, 0.25) is 0 Å². The molecule has 2 rings (SSSR count). The zero-order valence-corrected chi connectivity index (χ0v) is 13.3. The van der Waals surface area contributed by atoms with Crippen LogP contribution in [-0.4, -0.2) is 23.4 Å².